The number of nitrogens with one attached hydrogen (secondary N) is 2. The fourth-order valence-electron chi connectivity index (χ4n) is 2.45. The maximum absolute atomic E-state index is 13.8. The van der Waals surface area contributed by atoms with Crippen LogP contribution in [-0.4, -0.2) is 16.1 Å². The number of hydrogen-bond acceptors (Lipinski definition) is 2. The third-order valence-electron chi connectivity index (χ3n) is 3.71. The molecule has 0 aliphatic carbocycles. The molecule has 2 aromatic carbocycles. The van der Waals surface area contributed by atoms with Crippen LogP contribution in [0.3, 0.4) is 0 Å². The first kappa shape index (κ1) is 15.1. The van der Waals surface area contributed by atoms with Gasteiger partial charge in [0, 0.05) is 23.1 Å². The smallest absolute Gasteiger partial charge is 0.251 e. The van der Waals surface area contributed by atoms with Crippen molar-refractivity contribution in [2.45, 2.75) is 19.6 Å². The second kappa shape index (κ2) is 6.16. The molecular weight excluding hydrogens is 300 g/mol. The summed E-state index contributed by atoms with van der Waals surface area (Å²) in [5.74, 6) is -1.13. The van der Waals surface area contributed by atoms with Gasteiger partial charge in [0.1, 0.15) is 12.0 Å². The van der Waals surface area contributed by atoms with Gasteiger partial charge in [-0.05, 0) is 30.7 Å². The van der Waals surface area contributed by atoms with Gasteiger partial charge in [-0.25, -0.2) is 8.78 Å². The Kier molecular flexibility index (Phi) is 4.06. The van der Waals surface area contributed by atoms with Gasteiger partial charge in [-0.15, -0.1) is 0 Å². The molecule has 0 aliphatic rings. The maximum Gasteiger partial charge on any atom is 0.251 e. The first-order valence-corrected chi connectivity index (χ1v) is 7.19. The van der Waals surface area contributed by atoms with Gasteiger partial charge in [0.25, 0.3) is 5.91 Å². The van der Waals surface area contributed by atoms with Gasteiger partial charge in [-0.1, -0.05) is 18.2 Å². The van der Waals surface area contributed by atoms with Crippen LogP contribution >= 0.6 is 0 Å². The van der Waals surface area contributed by atoms with E-state index in [2.05, 4.69) is 15.5 Å². The molecule has 0 aliphatic heterocycles. The van der Waals surface area contributed by atoms with E-state index in [4.69, 9.17) is 0 Å². The van der Waals surface area contributed by atoms with Gasteiger partial charge >= 0.3 is 0 Å². The molecular formula is C17H15F2N3O. The predicted octanol–water partition coefficient (Wildman–Crippen LogP) is 3.66. The highest BCUT2D eigenvalue weighted by molar-refractivity contribution is 5.94. The Morgan fingerprint density at radius 2 is 2.17 bits per heavy atom. The zero-order chi connectivity index (χ0) is 16.4. The van der Waals surface area contributed by atoms with E-state index in [1.54, 1.807) is 6.20 Å². The molecule has 1 aromatic heterocycles. The number of hydrogen-bond donors (Lipinski definition) is 2. The number of nitrogens with zero attached hydrogens (tertiary/aromatic N) is 1. The Morgan fingerprint density at radius 1 is 1.35 bits per heavy atom. The molecule has 0 spiro atoms. The van der Waals surface area contributed by atoms with Gasteiger partial charge in [0.2, 0.25) is 0 Å². The largest absolute Gasteiger partial charge is 0.348 e. The maximum atomic E-state index is 13.8. The summed E-state index contributed by atoms with van der Waals surface area (Å²) in [4.78, 5) is 12.1. The van der Waals surface area contributed by atoms with E-state index in [0.29, 0.717) is 6.54 Å². The zero-order valence-electron chi connectivity index (χ0n) is 12.4. The summed E-state index contributed by atoms with van der Waals surface area (Å²) in [6.45, 7) is 1.54. The minimum absolute atomic E-state index is 0.0512. The van der Waals surface area contributed by atoms with E-state index in [1.807, 2.05) is 18.2 Å². The number of carbonyl (C=O) groups is 1. The summed E-state index contributed by atoms with van der Waals surface area (Å²) < 4.78 is 26.9. The van der Waals surface area contributed by atoms with Crippen molar-refractivity contribution in [1.29, 1.82) is 0 Å². The second-order valence-corrected chi connectivity index (χ2v) is 5.28. The van der Waals surface area contributed by atoms with Gasteiger partial charge in [0.15, 0.2) is 0 Å². The molecule has 2 N–H and O–H groups in total. The van der Waals surface area contributed by atoms with Crippen LogP contribution in [0.5, 0.6) is 0 Å². The number of rotatable bonds is 4. The highest BCUT2D eigenvalue weighted by Crippen LogP contribution is 2.21. The van der Waals surface area contributed by atoms with E-state index < -0.39 is 17.9 Å². The molecule has 0 fully saturated rings. The highest BCUT2D eigenvalue weighted by Gasteiger charge is 2.13. The van der Waals surface area contributed by atoms with Crippen LogP contribution in [0.25, 0.3) is 10.9 Å². The Hall–Kier alpha value is -2.76. The van der Waals surface area contributed by atoms with Crippen LogP contribution in [0.2, 0.25) is 0 Å². The van der Waals surface area contributed by atoms with Crippen LogP contribution in [0.15, 0.2) is 42.6 Å². The summed E-state index contributed by atoms with van der Waals surface area (Å²) >= 11 is 0. The van der Waals surface area contributed by atoms with Gasteiger partial charge < -0.3 is 5.32 Å². The van der Waals surface area contributed by atoms with Crippen molar-refractivity contribution in [3.63, 3.8) is 0 Å². The standard InChI is InChI=1S/C17H15F2N3O/c1-10(18)13-6-5-11(7-15(13)19)17(23)20-8-12-3-2-4-16-14(12)9-21-22-16/h2-7,9-10H,8H2,1H3,(H,20,23)(H,21,22). The van der Waals surface area contributed by atoms with Crippen LogP contribution in [0, 0.1) is 5.82 Å². The summed E-state index contributed by atoms with van der Waals surface area (Å²) in [5.41, 5.74) is 1.89. The first-order chi connectivity index (χ1) is 11.1. The van der Waals surface area contributed by atoms with E-state index in [1.165, 1.54) is 19.1 Å². The highest BCUT2D eigenvalue weighted by atomic mass is 19.1. The van der Waals surface area contributed by atoms with Crippen molar-refractivity contribution < 1.29 is 13.6 Å². The van der Waals surface area contributed by atoms with Gasteiger partial charge in [-0.3, -0.25) is 9.89 Å². The Morgan fingerprint density at radius 3 is 2.91 bits per heavy atom. The molecule has 3 aromatic rings. The molecule has 1 heterocycles. The SMILES string of the molecule is CC(F)c1ccc(C(=O)NCc2cccc3[nH]ncc23)cc1F. The lowest BCUT2D eigenvalue weighted by atomic mass is 10.1. The molecule has 4 nitrogen and oxygen atoms in total. The molecule has 0 saturated carbocycles. The molecule has 0 saturated heterocycles. The lowest BCUT2D eigenvalue weighted by Crippen LogP contribution is -2.23. The number of H-pyrrole nitrogens is 1. The number of benzene rings is 2. The number of aromatic nitrogens is 2. The Balaban J connectivity index is 1.75. The zero-order valence-corrected chi connectivity index (χ0v) is 12.4. The summed E-state index contributed by atoms with van der Waals surface area (Å²) in [7, 11) is 0. The minimum Gasteiger partial charge on any atom is -0.348 e. The van der Waals surface area contributed by atoms with Crippen LogP contribution in [0.1, 0.15) is 34.6 Å². The van der Waals surface area contributed by atoms with E-state index >= 15 is 0 Å². The number of carbonyl (C=O) groups excluding carboxylic acids is 1. The van der Waals surface area contributed by atoms with Gasteiger partial charge in [0.05, 0.1) is 11.7 Å². The quantitative estimate of drug-likeness (QED) is 0.772. The molecule has 3 rings (SSSR count). The summed E-state index contributed by atoms with van der Waals surface area (Å²) in [5, 5.41) is 10.5. The molecule has 118 valence electrons. The molecule has 0 bridgehead atoms. The average molecular weight is 315 g/mol. The third kappa shape index (κ3) is 3.06. The monoisotopic (exact) mass is 315 g/mol. The fourth-order valence-corrected chi connectivity index (χ4v) is 2.45. The second-order valence-electron chi connectivity index (χ2n) is 5.28. The van der Waals surface area contributed by atoms with Crippen LogP contribution in [0.4, 0.5) is 8.78 Å². The van der Waals surface area contributed by atoms with Crippen LogP contribution in [-0.2, 0) is 6.54 Å². The predicted molar refractivity (Wildman–Crippen MR) is 83.2 cm³/mol. The lowest BCUT2D eigenvalue weighted by Gasteiger charge is -2.09. The average Bonchev–Trinajstić information content (AvgIpc) is 3.01. The molecule has 1 atom stereocenters. The number of fused-ring (bicyclic) bond motifs is 1. The molecule has 1 amide bonds. The number of halogens is 2. The lowest BCUT2D eigenvalue weighted by molar-refractivity contribution is 0.0950. The fraction of sp³-hybridized carbons (Fsp3) is 0.176. The van der Waals surface area contributed by atoms with E-state index in [0.717, 1.165) is 22.5 Å². The van der Waals surface area contributed by atoms with Crippen molar-refractivity contribution in [3.8, 4) is 0 Å². The third-order valence-corrected chi connectivity index (χ3v) is 3.71. The normalized spacial score (nSPS) is 12.3. The minimum atomic E-state index is -1.41. The van der Waals surface area contributed by atoms with Gasteiger partial charge in [-0.2, -0.15) is 5.10 Å². The van der Waals surface area contributed by atoms with Crippen LogP contribution < -0.4 is 5.32 Å². The molecule has 6 heteroatoms. The van der Waals surface area contributed by atoms with Crippen molar-refractivity contribution in [2.75, 3.05) is 0 Å². The molecule has 23 heavy (non-hydrogen) atoms. The number of aromatic amines is 1. The van der Waals surface area contributed by atoms with Crippen molar-refractivity contribution in [1.82, 2.24) is 15.5 Å². The molecule has 0 radical (unpaired) electrons. The van der Waals surface area contributed by atoms with Crippen molar-refractivity contribution in [2.24, 2.45) is 0 Å². The Bertz CT molecular complexity index is 858. The Labute approximate surface area is 131 Å². The summed E-state index contributed by atoms with van der Waals surface area (Å²) in [6, 6.07) is 9.40. The van der Waals surface area contributed by atoms with Crippen molar-refractivity contribution >= 4 is 16.8 Å². The topological polar surface area (TPSA) is 57.8 Å². The van der Waals surface area contributed by atoms with Crippen molar-refractivity contribution in [3.05, 3.63) is 65.1 Å². The number of alkyl halides is 1. The first-order valence-electron chi connectivity index (χ1n) is 7.19. The van der Waals surface area contributed by atoms with E-state index in [9.17, 15) is 13.6 Å². The molecule has 1 unspecified atom stereocenters. The van der Waals surface area contributed by atoms with E-state index in [-0.39, 0.29) is 11.1 Å². The summed E-state index contributed by atoms with van der Waals surface area (Å²) in [6.07, 6.45) is 0.277. The number of amides is 1.